The summed E-state index contributed by atoms with van der Waals surface area (Å²) in [6.07, 6.45) is 6.99. The molecule has 1 aliphatic heterocycles. The maximum atomic E-state index is 12.3. The summed E-state index contributed by atoms with van der Waals surface area (Å²) in [6, 6.07) is 9.44. The van der Waals surface area contributed by atoms with Gasteiger partial charge in [0.15, 0.2) is 0 Å². The molecule has 0 radical (unpaired) electrons. The Morgan fingerprint density at radius 2 is 2.08 bits per heavy atom. The highest BCUT2D eigenvalue weighted by atomic mass is 16.6. The summed E-state index contributed by atoms with van der Waals surface area (Å²) >= 11 is 0. The molecule has 2 rings (SSSR count). The van der Waals surface area contributed by atoms with Gasteiger partial charge in [-0.15, -0.1) is 6.42 Å². The summed E-state index contributed by atoms with van der Waals surface area (Å²) in [7, 11) is 1.33. The molecule has 1 saturated heterocycles. The third-order valence-corrected chi connectivity index (χ3v) is 4.22. The number of terminal acetylenes is 1. The molecule has 1 fully saturated rings. The van der Waals surface area contributed by atoms with E-state index in [-0.39, 0.29) is 13.2 Å². The molecule has 1 amide bonds. The predicted molar refractivity (Wildman–Crippen MR) is 89.9 cm³/mol. The second kappa shape index (κ2) is 7.69. The molecule has 0 bridgehead atoms. The Labute approximate surface area is 142 Å². The minimum atomic E-state index is -0.953. The summed E-state index contributed by atoms with van der Waals surface area (Å²) in [5.41, 5.74) is 0.751. The first-order valence-corrected chi connectivity index (χ1v) is 7.71. The fourth-order valence-electron chi connectivity index (χ4n) is 2.81. The molecule has 1 aromatic rings. The largest absolute Gasteiger partial charge is 0.468 e. The first-order valence-electron chi connectivity index (χ1n) is 7.71. The lowest BCUT2D eigenvalue weighted by molar-refractivity contribution is -0.151. The van der Waals surface area contributed by atoms with E-state index in [1.807, 2.05) is 30.3 Å². The number of nitrogens with zero attached hydrogens (tertiary/aromatic N) is 1. The number of allylic oxidation sites excluding steroid dienone is 1. The highest BCUT2D eigenvalue weighted by Gasteiger charge is 2.44. The van der Waals surface area contributed by atoms with Gasteiger partial charge in [0.05, 0.1) is 7.11 Å². The van der Waals surface area contributed by atoms with Crippen molar-refractivity contribution in [3.05, 3.63) is 47.5 Å². The number of carbonyl (C=O) groups is 2. The quantitative estimate of drug-likeness (QED) is 0.633. The van der Waals surface area contributed by atoms with Crippen LogP contribution in [0.5, 0.6) is 0 Å². The maximum absolute atomic E-state index is 12.3. The van der Waals surface area contributed by atoms with Gasteiger partial charge in [-0.2, -0.15) is 0 Å². The van der Waals surface area contributed by atoms with Crippen molar-refractivity contribution >= 4 is 12.1 Å². The number of esters is 1. The summed E-state index contributed by atoms with van der Waals surface area (Å²) in [5, 5.41) is 0. The molecular weight excluding hydrogens is 306 g/mol. The number of carbonyl (C=O) groups excluding carboxylic acids is 2. The fourth-order valence-corrected chi connectivity index (χ4v) is 2.81. The second-order valence-electron chi connectivity index (χ2n) is 5.87. The zero-order valence-electron chi connectivity index (χ0n) is 14.0. The van der Waals surface area contributed by atoms with E-state index in [2.05, 4.69) is 5.92 Å². The van der Waals surface area contributed by atoms with Crippen LogP contribution in [0.3, 0.4) is 0 Å². The summed E-state index contributed by atoms with van der Waals surface area (Å²) < 4.78 is 10.2. The average molecular weight is 327 g/mol. The predicted octanol–water partition coefficient (Wildman–Crippen LogP) is 2.77. The van der Waals surface area contributed by atoms with Crippen molar-refractivity contribution < 1.29 is 19.1 Å². The standard InChI is InChI=1S/C19H21NO4/c1-4-8-16-11-12-20(14-19(16,2)17(21)23-3)18(22)24-13-15-9-6-5-7-10-15/h1,5-10H,11-14H2,2-3H3/b16-8+. The molecule has 1 aromatic carbocycles. The van der Waals surface area contributed by atoms with Crippen molar-refractivity contribution in [2.45, 2.75) is 20.0 Å². The van der Waals surface area contributed by atoms with Gasteiger partial charge < -0.3 is 14.4 Å². The van der Waals surface area contributed by atoms with Crippen LogP contribution in [-0.4, -0.2) is 37.2 Å². The third kappa shape index (κ3) is 3.77. The minimum Gasteiger partial charge on any atom is -0.468 e. The van der Waals surface area contributed by atoms with Gasteiger partial charge in [-0.05, 0) is 30.6 Å². The first kappa shape index (κ1) is 17.6. The molecular formula is C19H21NO4. The van der Waals surface area contributed by atoms with Crippen LogP contribution in [0.2, 0.25) is 0 Å². The lowest BCUT2D eigenvalue weighted by Gasteiger charge is -2.39. The van der Waals surface area contributed by atoms with Crippen LogP contribution in [0.4, 0.5) is 4.79 Å². The van der Waals surface area contributed by atoms with E-state index in [4.69, 9.17) is 15.9 Å². The van der Waals surface area contributed by atoms with Crippen molar-refractivity contribution in [1.82, 2.24) is 4.90 Å². The van der Waals surface area contributed by atoms with Crippen LogP contribution in [-0.2, 0) is 20.9 Å². The molecule has 0 saturated carbocycles. The number of amides is 1. The Morgan fingerprint density at radius 3 is 2.71 bits per heavy atom. The van der Waals surface area contributed by atoms with E-state index >= 15 is 0 Å². The Morgan fingerprint density at radius 1 is 1.38 bits per heavy atom. The molecule has 0 aromatic heterocycles. The topological polar surface area (TPSA) is 55.8 Å². The summed E-state index contributed by atoms with van der Waals surface area (Å²) in [4.78, 5) is 26.1. The van der Waals surface area contributed by atoms with Gasteiger partial charge in [0.2, 0.25) is 0 Å². The lowest BCUT2D eigenvalue weighted by atomic mass is 9.77. The Hall–Kier alpha value is -2.74. The van der Waals surface area contributed by atoms with Crippen LogP contribution < -0.4 is 0 Å². The van der Waals surface area contributed by atoms with E-state index in [0.29, 0.717) is 13.0 Å². The van der Waals surface area contributed by atoms with Crippen molar-refractivity contribution in [1.29, 1.82) is 0 Å². The first-order chi connectivity index (χ1) is 11.5. The SMILES string of the molecule is C#C/C=C1\CCN(C(=O)OCc2ccccc2)CC1(C)C(=O)OC. The van der Waals surface area contributed by atoms with Crippen LogP contribution >= 0.6 is 0 Å². The van der Waals surface area contributed by atoms with E-state index in [0.717, 1.165) is 11.1 Å². The molecule has 1 atom stereocenters. The van der Waals surface area contributed by atoms with Gasteiger partial charge in [-0.25, -0.2) is 4.79 Å². The molecule has 0 spiro atoms. The molecule has 5 heteroatoms. The number of piperidine rings is 1. The molecule has 5 nitrogen and oxygen atoms in total. The lowest BCUT2D eigenvalue weighted by Crippen LogP contribution is -2.50. The second-order valence-corrected chi connectivity index (χ2v) is 5.87. The monoisotopic (exact) mass is 327 g/mol. The van der Waals surface area contributed by atoms with Crippen LogP contribution in [0.1, 0.15) is 18.9 Å². The van der Waals surface area contributed by atoms with Gasteiger partial charge in [0.1, 0.15) is 12.0 Å². The summed E-state index contributed by atoms with van der Waals surface area (Å²) in [5.74, 6) is 2.05. The van der Waals surface area contributed by atoms with Gasteiger partial charge in [0.25, 0.3) is 0 Å². The van der Waals surface area contributed by atoms with Crippen molar-refractivity contribution in [3.8, 4) is 12.3 Å². The Balaban J connectivity index is 2.07. The molecule has 1 unspecified atom stereocenters. The highest BCUT2D eigenvalue weighted by molar-refractivity contribution is 5.82. The van der Waals surface area contributed by atoms with Gasteiger partial charge in [-0.1, -0.05) is 36.3 Å². The Kier molecular flexibility index (Phi) is 5.64. The Bertz CT molecular complexity index is 674. The van der Waals surface area contributed by atoms with Gasteiger partial charge in [-0.3, -0.25) is 4.79 Å². The number of rotatable bonds is 3. The minimum absolute atomic E-state index is 0.181. The van der Waals surface area contributed by atoms with E-state index < -0.39 is 17.5 Å². The average Bonchev–Trinajstić information content (AvgIpc) is 2.61. The number of ether oxygens (including phenoxy) is 2. The zero-order valence-corrected chi connectivity index (χ0v) is 14.0. The highest BCUT2D eigenvalue weighted by Crippen LogP contribution is 2.36. The molecule has 126 valence electrons. The van der Waals surface area contributed by atoms with Gasteiger partial charge in [0, 0.05) is 13.1 Å². The number of methoxy groups -OCH3 is 1. The smallest absolute Gasteiger partial charge is 0.410 e. The number of hydrogen-bond donors (Lipinski definition) is 0. The van der Waals surface area contributed by atoms with Gasteiger partial charge >= 0.3 is 12.1 Å². The number of hydrogen-bond acceptors (Lipinski definition) is 4. The summed E-state index contributed by atoms with van der Waals surface area (Å²) in [6.45, 7) is 2.56. The van der Waals surface area contributed by atoms with E-state index in [1.54, 1.807) is 13.0 Å². The fraction of sp³-hybridized carbons (Fsp3) is 0.368. The normalized spacial score (nSPS) is 21.9. The van der Waals surface area contributed by atoms with Crippen molar-refractivity contribution in [2.24, 2.45) is 5.41 Å². The van der Waals surface area contributed by atoms with Crippen LogP contribution in [0.15, 0.2) is 42.0 Å². The third-order valence-electron chi connectivity index (χ3n) is 4.22. The zero-order chi connectivity index (χ0) is 17.6. The molecule has 0 aliphatic carbocycles. The van der Waals surface area contributed by atoms with Crippen molar-refractivity contribution in [2.75, 3.05) is 20.2 Å². The van der Waals surface area contributed by atoms with Crippen LogP contribution in [0, 0.1) is 17.8 Å². The molecule has 24 heavy (non-hydrogen) atoms. The van der Waals surface area contributed by atoms with E-state index in [1.165, 1.54) is 12.0 Å². The number of likely N-dealkylation sites (tertiary alicyclic amines) is 1. The number of benzene rings is 1. The van der Waals surface area contributed by atoms with Crippen molar-refractivity contribution in [3.63, 3.8) is 0 Å². The van der Waals surface area contributed by atoms with E-state index in [9.17, 15) is 9.59 Å². The molecule has 0 N–H and O–H groups in total. The molecule has 1 heterocycles. The maximum Gasteiger partial charge on any atom is 0.410 e. The van der Waals surface area contributed by atoms with Crippen LogP contribution in [0.25, 0.3) is 0 Å². The molecule has 1 aliphatic rings.